The summed E-state index contributed by atoms with van der Waals surface area (Å²) >= 11 is 3.38. The van der Waals surface area contributed by atoms with E-state index in [0.717, 1.165) is 18.1 Å². The number of nitro groups is 1. The van der Waals surface area contributed by atoms with E-state index in [1.165, 1.54) is 18.2 Å². The number of hydrazine groups is 1. The molecule has 0 saturated carbocycles. The fraction of sp³-hybridized carbons (Fsp3) is 0.0909. The third kappa shape index (κ3) is 6.13. The summed E-state index contributed by atoms with van der Waals surface area (Å²) in [4.78, 5) is 34.7. The second-order valence-corrected chi connectivity index (χ2v) is 7.30. The summed E-state index contributed by atoms with van der Waals surface area (Å²) in [5.41, 5.74) is 5.82. The molecule has 3 rings (SSSR count). The van der Waals surface area contributed by atoms with Gasteiger partial charge >= 0.3 is 0 Å². The Balaban J connectivity index is 1.54. The SMILES string of the molecule is O=C(NNC(=O)c1ccc(OCCc2ccccc2)c(Br)c1)c1cccc([N+](=O)[O-])c1. The molecule has 0 atom stereocenters. The highest BCUT2D eigenvalue weighted by molar-refractivity contribution is 9.10. The zero-order chi connectivity index (χ0) is 22.2. The minimum absolute atomic E-state index is 0.0536. The fourth-order valence-corrected chi connectivity index (χ4v) is 3.19. The third-order valence-electron chi connectivity index (χ3n) is 4.29. The summed E-state index contributed by atoms with van der Waals surface area (Å²) in [5.74, 6) is -0.625. The Morgan fingerprint density at radius 3 is 2.23 bits per heavy atom. The van der Waals surface area contributed by atoms with Crippen LogP contribution in [0.4, 0.5) is 5.69 Å². The molecule has 9 heteroatoms. The molecule has 0 saturated heterocycles. The van der Waals surface area contributed by atoms with Crippen LogP contribution in [0.15, 0.2) is 77.3 Å². The quantitative estimate of drug-likeness (QED) is 0.388. The molecule has 0 fully saturated rings. The van der Waals surface area contributed by atoms with E-state index in [4.69, 9.17) is 4.74 Å². The molecule has 0 heterocycles. The summed E-state index contributed by atoms with van der Waals surface area (Å²) in [6.07, 6.45) is 0.749. The monoisotopic (exact) mass is 483 g/mol. The molecule has 0 radical (unpaired) electrons. The van der Waals surface area contributed by atoms with E-state index in [1.807, 2.05) is 30.3 Å². The zero-order valence-corrected chi connectivity index (χ0v) is 17.8. The first-order valence-electron chi connectivity index (χ1n) is 9.25. The topological polar surface area (TPSA) is 111 Å². The van der Waals surface area contributed by atoms with Gasteiger partial charge in [0.1, 0.15) is 5.75 Å². The molecule has 2 N–H and O–H groups in total. The minimum atomic E-state index is -0.669. The van der Waals surface area contributed by atoms with Gasteiger partial charge in [0.2, 0.25) is 0 Å². The normalized spacial score (nSPS) is 10.2. The van der Waals surface area contributed by atoms with E-state index >= 15 is 0 Å². The highest BCUT2D eigenvalue weighted by atomic mass is 79.9. The number of benzene rings is 3. The summed E-state index contributed by atoms with van der Waals surface area (Å²) in [5, 5.41) is 10.8. The van der Waals surface area contributed by atoms with Gasteiger partial charge in [0, 0.05) is 29.7 Å². The molecule has 158 valence electrons. The van der Waals surface area contributed by atoms with Gasteiger partial charge in [0.15, 0.2) is 0 Å². The van der Waals surface area contributed by atoms with E-state index in [-0.39, 0.29) is 11.3 Å². The number of nitrogens with one attached hydrogen (secondary N) is 2. The van der Waals surface area contributed by atoms with Gasteiger partial charge in [-0.05, 0) is 45.8 Å². The van der Waals surface area contributed by atoms with Gasteiger partial charge in [-0.15, -0.1) is 0 Å². The number of hydrogen-bond donors (Lipinski definition) is 2. The number of nitro benzene ring substituents is 1. The fourth-order valence-electron chi connectivity index (χ4n) is 2.70. The van der Waals surface area contributed by atoms with Crippen LogP contribution < -0.4 is 15.6 Å². The molecule has 0 aliphatic carbocycles. The lowest BCUT2D eigenvalue weighted by Crippen LogP contribution is -2.41. The van der Waals surface area contributed by atoms with Gasteiger partial charge in [-0.3, -0.25) is 30.6 Å². The van der Waals surface area contributed by atoms with Crippen molar-refractivity contribution >= 4 is 33.4 Å². The van der Waals surface area contributed by atoms with E-state index in [2.05, 4.69) is 26.8 Å². The lowest BCUT2D eigenvalue weighted by Gasteiger charge is -2.11. The van der Waals surface area contributed by atoms with Crippen LogP contribution in [0, 0.1) is 10.1 Å². The van der Waals surface area contributed by atoms with Crippen molar-refractivity contribution in [3.8, 4) is 5.75 Å². The second-order valence-electron chi connectivity index (χ2n) is 6.44. The lowest BCUT2D eigenvalue weighted by molar-refractivity contribution is -0.384. The second kappa shape index (κ2) is 10.4. The maximum Gasteiger partial charge on any atom is 0.270 e. The van der Waals surface area contributed by atoms with Crippen molar-refractivity contribution in [1.29, 1.82) is 0 Å². The van der Waals surface area contributed by atoms with Crippen LogP contribution in [0.5, 0.6) is 5.75 Å². The van der Waals surface area contributed by atoms with Crippen molar-refractivity contribution in [2.24, 2.45) is 0 Å². The molecule has 8 nitrogen and oxygen atoms in total. The maximum atomic E-state index is 12.3. The Labute approximate surface area is 186 Å². The van der Waals surface area contributed by atoms with Crippen molar-refractivity contribution in [3.05, 3.63) is 104 Å². The van der Waals surface area contributed by atoms with Crippen molar-refractivity contribution in [2.75, 3.05) is 6.61 Å². The number of nitrogens with zero attached hydrogens (tertiary/aromatic N) is 1. The predicted molar refractivity (Wildman–Crippen MR) is 118 cm³/mol. The summed E-state index contributed by atoms with van der Waals surface area (Å²) in [6.45, 7) is 0.480. The molecule has 0 bridgehead atoms. The van der Waals surface area contributed by atoms with Crippen LogP contribution >= 0.6 is 15.9 Å². The smallest absolute Gasteiger partial charge is 0.270 e. The molecule has 0 spiro atoms. The van der Waals surface area contributed by atoms with Crippen LogP contribution in [0.25, 0.3) is 0 Å². The minimum Gasteiger partial charge on any atom is -0.492 e. The van der Waals surface area contributed by atoms with Gasteiger partial charge in [0.05, 0.1) is 16.0 Å². The molecular weight excluding hydrogens is 466 g/mol. The van der Waals surface area contributed by atoms with Crippen LogP contribution in [0.3, 0.4) is 0 Å². The first-order valence-corrected chi connectivity index (χ1v) is 10.0. The zero-order valence-electron chi connectivity index (χ0n) is 16.2. The van der Waals surface area contributed by atoms with Crippen molar-refractivity contribution in [1.82, 2.24) is 10.9 Å². The number of ether oxygens (including phenoxy) is 1. The van der Waals surface area contributed by atoms with Crippen LogP contribution in [-0.4, -0.2) is 23.3 Å². The number of amides is 2. The molecule has 0 unspecified atom stereocenters. The van der Waals surface area contributed by atoms with E-state index in [0.29, 0.717) is 22.4 Å². The van der Waals surface area contributed by atoms with Gasteiger partial charge in [0.25, 0.3) is 17.5 Å². The van der Waals surface area contributed by atoms with Gasteiger partial charge in [-0.1, -0.05) is 36.4 Å². The standard InChI is InChI=1S/C22H18BrN3O5/c23-19-14-17(9-10-20(19)31-12-11-15-5-2-1-3-6-15)22(28)25-24-21(27)16-7-4-8-18(13-16)26(29)30/h1-10,13-14H,11-12H2,(H,24,27)(H,25,28). The number of halogens is 1. The van der Waals surface area contributed by atoms with Crippen LogP contribution in [-0.2, 0) is 6.42 Å². The number of hydrogen-bond acceptors (Lipinski definition) is 5. The summed E-state index contributed by atoms with van der Waals surface area (Å²) in [6, 6.07) is 19.9. The third-order valence-corrected chi connectivity index (χ3v) is 4.91. The lowest BCUT2D eigenvalue weighted by atomic mass is 10.2. The molecule has 31 heavy (non-hydrogen) atoms. The molecule has 0 aliphatic heterocycles. The Kier molecular flexibility index (Phi) is 7.34. The number of carbonyl (C=O) groups excluding carboxylic acids is 2. The summed E-state index contributed by atoms with van der Waals surface area (Å²) in [7, 11) is 0. The van der Waals surface area contributed by atoms with E-state index in [1.54, 1.807) is 18.2 Å². The van der Waals surface area contributed by atoms with Crippen molar-refractivity contribution in [2.45, 2.75) is 6.42 Å². The van der Waals surface area contributed by atoms with Crippen molar-refractivity contribution in [3.63, 3.8) is 0 Å². The molecule has 3 aromatic rings. The molecule has 0 aliphatic rings. The van der Waals surface area contributed by atoms with Gasteiger partial charge in [-0.2, -0.15) is 0 Å². The predicted octanol–water partition coefficient (Wildman–Crippen LogP) is 4.05. The Hall–Kier alpha value is -3.72. The Morgan fingerprint density at radius 1 is 0.903 bits per heavy atom. The highest BCUT2D eigenvalue weighted by Crippen LogP contribution is 2.26. The van der Waals surface area contributed by atoms with Gasteiger partial charge in [-0.25, -0.2) is 0 Å². The average Bonchev–Trinajstić information content (AvgIpc) is 2.79. The first-order chi connectivity index (χ1) is 14.9. The largest absolute Gasteiger partial charge is 0.492 e. The molecular formula is C22H18BrN3O5. The highest BCUT2D eigenvalue weighted by Gasteiger charge is 2.14. The molecule has 0 aromatic heterocycles. The van der Waals surface area contributed by atoms with Gasteiger partial charge < -0.3 is 4.74 Å². The van der Waals surface area contributed by atoms with Crippen LogP contribution in [0.1, 0.15) is 26.3 Å². The Bertz CT molecular complexity index is 1110. The summed E-state index contributed by atoms with van der Waals surface area (Å²) < 4.78 is 6.35. The number of non-ortho nitro benzene ring substituents is 1. The molecule has 2 amide bonds. The van der Waals surface area contributed by atoms with E-state index in [9.17, 15) is 19.7 Å². The van der Waals surface area contributed by atoms with Crippen LogP contribution in [0.2, 0.25) is 0 Å². The maximum absolute atomic E-state index is 12.3. The Morgan fingerprint density at radius 2 is 1.58 bits per heavy atom. The molecule has 3 aromatic carbocycles. The van der Waals surface area contributed by atoms with Crippen molar-refractivity contribution < 1.29 is 19.2 Å². The number of carbonyl (C=O) groups is 2. The number of rotatable bonds is 7. The average molecular weight is 484 g/mol. The first kappa shape index (κ1) is 22.0. The van der Waals surface area contributed by atoms with E-state index < -0.39 is 16.7 Å².